The zero-order chi connectivity index (χ0) is 13.4. The van der Waals surface area contributed by atoms with Crippen LogP contribution in [-0.2, 0) is 6.42 Å². The molecule has 0 saturated carbocycles. The first-order chi connectivity index (χ1) is 9.20. The number of benzene rings is 2. The van der Waals surface area contributed by atoms with Gasteiger partial charge < -0.3 is 5.73 Å². The van der Waals surface area contributed by atoms with Crippen molar-refractivity contribution in [1.29, 1.82) is 0 Å². The molecule has 0 aliphatic rings. The summed E-state index contributed by atoms with van der Waals surface area (Å²) < 4.78 is 0. The second kappa shape index (κ2) is 4.35. The number of carbonyl (C=O) groups excluding carboxylic acids is 1. The monoisotopic (exact) mass is 250 g/mol. The Morgan fingerprint density at radius 1 is 1.21 bits per heavy atom. The summed E-state index contributed by atoms with van der Waals surface area (Å²) >= 11 is 0. The molecule has 3 rings (SSSR count). The lowest BCUT2D eigenvalue weighted by atomic mass is 10.00. The molecule has 94 valence electrons. The molecule has 0 aliphatic heterocycles. The van der Waals surface area contributed by atoms with Crippen molar-refractivity contribution in [3.8, 4) is 0 Å². The molecular weight excluding hydrogens is 236 g/mol. The van der Waals surface area contributed by atoms with Gasteiger partial charge in [-0.1, -0.05) is 31.2 Å². The van der Waals surface area contributed by atoms with E-state index in [-0.39, 0.29) is 0 Å². The molecule has 3 aromatic rings. The van der Waals surface area contributed by atoms with Gasteiger partial charge in [-0.2, -0.15) is 0 Å². The molecule has 0 aliphatic carbocycles. The molecule has 3 heteroatoms. The van der Waals surface area contributed by atoms with Gasteiger partial charge in [0.1, 0.15) is 0 Å². The molecule has 1 heterocycles. The summed E-state index contributed by atoms with van der Waals surface area (Å²) in [5, 5.41) is 2.09. The maximum Gasteiger partial charge on any atom is 0.250 e. The smallest absolute Gasteiger partial charge is 0.250 e. The summed E-state index contributed by atoms with van der Waals surface area (Å²) in [4.78, 5) is 16.1. The average Bonchev–Trinajstić information content (AvgIpc) is 2.43. The topological polar surface area (TPSA) is 56.0 Å². The van der Waals surface area contributed by atoms with Crippen LogP contribution in [0.2, 0.25) is 0 Å². The number of amides is 1. The summed E-state index contributed by atoms with van der Waals surface area (Å²) in [6, 6.07) is 13.7. The van der Waals surface area contributed by atoms with Crippen LogP contribution in [0.25, 0.3) is 21.8 Å². The summed E-state index contributed by atoms with van der Waals surface area (Å²) in [6.45, 7) is 2.09. The predicted octanol–water partition coefficient (Wildman–Crippen LogP) is 3.05. The zero-order valence-electron chi connectivity index (χ0n) is 10.7. The number of carbonyl (C=O) groups is 1. The third-order valence-electron chi connectivity index (χ3n) is 3.42. The second-order valence-corrected chi connectivity index (χ2v) is 4.57. The lowest BCUT2D eigenvalue weighted by Crippen LogP contribution is -2.12. The van der Waals surface area contributed by atoms with Crippen molar-refractivity contribution >= 4 is 27.7 Å². The number of hydrogen-bond acceptors (Lipinski definition) is 2. The highest BCUT2D eigenvalue weighted by molar-refractivity contribution is 6.08. The number of aryl methyl sites for hydroxylation is 1. The molecule has 0 atom stereocenters. The normalized spacial score (nSPS) is 11.0. The van der Waals surface area contributed by atoms with Gasteiger partial charge in [0, 0.05) is 10.8 Å². The van der Waals surface area contributed by atoms with Crippen LogP contribution in [0.1, 0.15) is 22.8 Å². The van der Waals surface area contributed by atoms with Crippen molar-refractivity contribution in [3.63, 3.8) is 0 Å². The maximum absolute atomic E-state index is 11.5. The van der Waals surface area contributed by atoms with Crippen LogP contribution in [0.3, 0.4) is 0 Å². The first kappa shape index (κ1) is 11.7. The minimum absolute atomic E-state index is 0.435. The minimum Gasteiger partial charge on any atom is -0.366 e. The Balaban J connectivity index is 2.49. The van der Waals surface area contributed by atoms with Gasteiger partial charge in [-0.15, -0.1) is 0 Å². The van der Waals surface area contributed by atoms with Gasteiger partial charge >= 0.3 is 0 Å². The van der Waals surface area contributed by atoms with E-state index in [1.54, 1.807) is 6.07 Å². The lowest BCUT2D eigenvalue weighted by Gasteiger charge is -2.09. The van der Waals surface area contributed by atoms with E-state index in [4.69, 9.17) is 5.73 Å². The fraction of sp³-hybridized carbons (Fsp3) is 0.125. The number of fused-ring (bicyclic) bond motifs is 2. The van der Waals surface area contributed by atoms with E-state index in [0.29, 0.717) is 11.1 Å². The molecule has 0 spiro atoms. The standard InChI is InChI=1S/C16H14N2O/c1-2-10-7-8-12(16(17)19)15-13(10)9-11-5-3-4-6-14(11)18-15/h3-9H,2H2,1H3,(H2,17,19). The summed E-state index contributed by atoms with van der Waals surface area (Å²) in [6.07, 6.45) is 0.898. The van der Waals surface area contributed by atoms with Crippen molar-refractivity contribution < 1.29 is 4.79 Å². The first-order valence-corrected chi connectivity index (χ1v) is 6.32. The molecule has 0 radical (unpaired) electrons. The molecule has 1 aromatic heterocycles. The SMILES string of the molecule is CCc1ccc(C(N)=O)c2nc3ccccc3cc12. The Morgan fingerprint density at radius 3 is 2.74 bits per heavy atom. The van der Waals surface area contributed by atoms with E-state index in [2.05, 4.69) is 18.0 Å². The van der Waals surface area contributed by atoms with Crippen molar-refractivity contribution in [1.82, 2.24) is 4.98 Å². The Hall–Kier alpha value is -2.42. The third kappa shape index (κ3) is 1.83. The van der Waals surface area contributed by atoms with Gasteiger partial charge in [0.25, 0.3) is 5.91 Å². The molecule has 19 heavy (non-hydrogen) atoms. The number of primary amides is 1. The largest absolute Gasteiger partial charge is 0.366 e. The van der Waals surface area contributed by atoms with Crippen LogP contribution in [-0.4, -0.2) is 10.9 Å². The fourth-order valence-electron chi connectivity index (χ4n) is 2.43. The number of nitrogens with two attached hydrogens (primary N) is 1. The molecular formula is C16H14N2O. The number of para-hydroxylation sites is 1. The van der Waals surface area contributed by atoms with Crippen molar-refractivity contribution in [2.24, 2.45) is 5.73 Å². The minimum atomic E-state index is -0.435. The Kier molecular flexibility index (Phi) is 2.67. The summed E-state index contributed by atoms with van der Waals surface area (Å²) in [5.74, 6) is -0.435. The summed E-state index contributed by atoms with van der Waals surface area (Å²) in [5.41, 5.74) is 8.68. The predicted molar refractivity (Wildman–Crippen MR) is 77.1 cm³/mol. The number of rotatable bonds is 2. The zero-order valence-corrected chi connectivity index (χ0v) is 10.7. The molecule has 2 aromatic carbocycles. The highest BCUT2D eigenvalue weighted by atomic mass is 16.1. The van der Waals surface area contributed by atoms with E-state index < -0.39 is 5.91 Å². The van der Waals surface area contributed by atoms with Gasteiger partial charge in [0.05, 0.1) is 16.6 Å². The van der Waals surface area contributed by atoms with Gasteiger partial charge in [-0.3, -0.25) is 4.79 Å². The van der Waals surface area contributed by atoms with E-state index in [1.165, 1.54) is 5.56 Å². The summed E-state index contributed by atoms with van der Waals surface area (Å²) in [7, 11) is 0. The van der Waals surface area contributed by atoms with Crippen LogP contribution >= 0.6 is 0 Å². The molecule has 0 unspecified atom stereocenters. The Bertz CT molecular complexity index is 793. The van der Waals surface area contributed by atoms with Crippen LogP contribution < -0.4 is 5.73 Å². The second-order valence-electron chi connectivity index (χ2n) is 4.57. The van der Waals surface area contributed by atoms with E-state index >= 15 is 0 Å². The molecule has 0 bridgehead atoms. The van der Waals surface area contributed by atoms with Gasteiger partial charge in [-0.05, 0) is 30.2 Å². The fourth-order valence-corrected chi connectivity index (χ4v) is 2.43. The van der Waals surface area contributed by atoms with Crippen LogP contribution in [0.5, 0.6) is 0 Å². The molecule has 0 fully saturated rings. The first-order valence-electron chi connectivity index (χ1n) is 6.32. The van der Waals surface area contributed by atoms with E-state index in [0.717, 1.165) is 22.7 Å². The van der Waals surface area contributed by atoms with E-state index in [9.17, 15) is 4.79 Å². The molecule has 3 nitrogen and oxygen atoms in total. The van der Waals surface area contributed by atoms with Gasteiger partial charge in [0.15, 0.2) is 0 Å². The van der Waals surface area contributed by atoms with Gasteiger partial charge in [-0.25, -0.2) is 4.98 Å². The number of aromatic nitrogens is 1. The number of hydrogen-bond donors (Lipinski definition) is 1. The molecule has 0 saturated heterocycles. The number of pyridine rings is 1. The maximum atomic E-state index is 11.5. The van der Waals surface area contributed by atoms with Crippen molar-refractivity contribution in [3.05, 3.63) is 53.6 Å². The molecule has 2 N–H and O–H groups in total. The van der Waals surface area contributed by atoms with Crippen LogP contribution in [0.15, 0.2) is 42.5 Å². The average molecular weight is 250 g/mol. The Morgan fingerprint density at radius 2 is 2.00 bits per heavy atom. The Labute approximate surface area is 111 Å². The van der Waals surface area contributed by atoms with Crippen molar-refractivity contribution in [2.75, 3.05) is 0 Å². The number of nitrogens with zero attached hydrogens (tertiary/aromatic N) is 1. The molecule has 1 amide bonds. The third-order valence-corrected chi connectivity index (χ3v) is 3.42. The van der Waals surface area contributed by atoms with Crippen LogP contribution in [0.4, 0.5) is 0 Å². The highest BCUT2D eigenvalue weighted by Crippen LogP contribution is 2.25. The van der Waals surface area contributed by atoms with Crippen LogP contribution in [0, 0.1) is 0 Å². The van der Waals surface area contributed by atoms with Crippen molar-refractivity contribution in [2.45, 2.75) is 13.3 Å². The van der Waals surface area contributed by atoms with Gasteiger partial charge in [0.2, 0.25) is 0 Å². The van der Waals surface area contributed by atoms with E-state index in [1.807, 2.05) is 30.3 Å². The lowest BCUT2D eigenvalue weighted by molar-refractivity contribution is 0.100. The highest BCUT2D eigenvalue weighted by Gasteiger charge is 2.11. The quantitative estimate of drug-likeness (QED) is 0.711.